The zero-order valence-corrected chi connectivity index (χ0v) is 10.9. The van der Waals surface area contributed by atoms with Crippen LogP contribution in [-0.4, -0.2) is 52.3 Å². The van der Waals surface area contributed by atoms with Gasteiger partial charge in [0.05, 0.1) is 13.2 Å². The number of primary amides is 1. The summed E-state index contributed by atoms with van der Waals surface area (Å²) in [5, 5.41) is 14.7. The number of carbonyl (C=O) groups is 1. The van der Waals surface area contributed by atoms with E-state index in [1.165, 1.54) is 0 Å². The smallest absolute Gasteiger partial charge is 0.323 e. The first kappa shape index (κ1) is 14.9. The van der Waals surface area contributed by atoms with Crippen LogP contribution >= 0.6 is 0 Å². The molecule has 1 heterocycles. The maximum atomic E-state index is 10.7. The number of aliphatic hydroxyl groups is 1. The minimum atomic E-state index is -1.31. The number of carbonyl (C=O) groups excluding carboxylic acids is 1. The van der Waals surface area contributed by atoms with Crippen LogP contribution in [0.1, 0.15) is 13.3 Å². The third-order valence-electron chi connectivity index (χ3n) is 2.06. The number of aliphatic hydroxyl groups excluding tert-OH is 1. The van der Waals surface area contributed by atoms with Crippen LogP contribution in [0.25, 0.3) is 0 Å². The van der Waals surface area contributed by atoms with E-state index >= 15 is 0 Å². The van der Waals surface area contributed by atoms with Gasteiger partial charge in [-0.1, -0.05) is 6.92 Å². The van der Waals surface area contributed by atoms with E-state index in [-0.39, 0.29) is 18.5 Å². The lowest BCUT2D eigenvalue weighted by atomic mass is 10.3. The maximum absolute atomic E-state index is 10.7. The van der Waals surface area contributed by atoms with Gasteiger partial charge in [-0.15, -0.1) is 0 Å². The number of amides is 1. The topological polar surface area (TPSA) is 135 Å². The molecule has 5 N–H and O–H groups in total. The fourth-order valence-electron chi connectivity index (χ4n) is 1.09. The van der Waals surface area contributed by atoms with Crippen LogP contribution in [0.4, 0.5) is 11.9 Å². The highest BCUT2D eigenvalue weighted by Gasteiger charge is 2.12. The summed E-state index contributed by atoms with van der Waals surface area (Å²) in [6, 6.07) is 0.164. The van der Waals surface area contributed by atoms with Gasteiger partial charge in [-0.3, -0.25) is 4.79 Å². The summed E-state index contributed by atoms with van der Waals surface area (Å²) < 4.78 is 5.30. The summed E-state index contributed by atoms with van der Waals surface area (Å²) in [7, 11) is 1.65. The lowest BCUT2D eigenvalue weighted by molar-refractivity contribution is -0.125. The van der Waals surface area contributed by atoms with E-state index in [2.05, 4.69) is 25.6 Å². The van der Waals surface area contributed by atoms with Gasteiger partial charge in [-0.25, -0.2) is 0 Å². The third-order valence-corrected chi connectivity index (χ3v) is 2.06. The number of ether oxygens (including phenoxy) is 1. The molecule has 1 atom stereocenters. The lowest BCUT2D eigenvalue weighted by Gasteiger charge is -2.10. The summed E-state index contributed by atoms with van der Waals surface area (Å²) in [6.45, 7) is 2.36. The van der Waals surface area contributed by atoms with Crippen molar-refractivity contribution in [1.29, 1.82) is 0 Å². The van der Waals surface area contributed by atoms with E-state index in [4.69, 9.17) is 10.5 Å². The second kappa shape index (κ2) is 7.31. The SMILES string of the molecule is CCCOc1nc(NC)nc(NCC(O)C(N)=O)n1. The predicted octanol–water partition coefficient (Wildman–Crippen LogP) is -1.04. The second-order valence-electron chi connectivity index (χ2n) is 3.66. The number of nitrogens with zero attached hydrogens (tertiary/aromatic N) is 3. The van der Waals surface area contributed by atoms with E-state index in [0.717, 1.165) is 6.42 Å². The van der Waals surface area contributed by atoms with E-state index in [9.17, 15) is 9.90 Å². The van der Waals surface area contributed by atoms with Gasteiger partial charge < -0.3 is 26.2 Å². The van der Waals surface area contributed by atoms with Crippen LogP contribution in [0, 0.1) is 0 Å². The maximum Gasteiger partial charge on any atom is 0.323 e. The molecule has 0 aliphatic heterocycles. The Balaban J connectivity index is 2.73. The Morgan fingerprint density at radius 3 is 2.68 bits per heavy atom. The second-order valence-corrected chi connectivity index (χ2v) is 3.66. The summed E-state index contributed by atoms with van der Waals surface area (Å²) in [5.41, 5.74) is 4.93. The molecule has 106 valence electrons. The monoisotopic (exact) mass is 270 g/mol. The summed E-state index contributed by atoms with van der Waals surface area (Å²) in [5.74, 6) is -0.319. The summed E-state index contributed by atoms with van der Waals surface area (Å²) >= 11 is 0. The van der Waals surface area contributed by atoms with Gasteiger partial charge in [-0.2, -0.15) is 15.0 Å². The van der Waals surface area contributed by atoms with Crippen molar-refractivity contribution in [3.05, 3.63) is 0 Å². The molecule has 0 saturated carbocycles. The first-order valence-electron chi connectivity index (χ1n) is 5.84. The molecule has 9 nitrogen and oxygen atoms in total. The Bertz CT molecular complexity index is 428. The molecule has 1 amide bonds. The molecule has 1 unspecified atom stereocenters. The van der Waals surface area contributed by atoms with Gasteiger partial charge >= 0.3 is 6.01 Å². The van der Waals surface area contributed by atoms with Crippen LogP contribution in [0.15, 0.2) is 0 Å². The molecular formula is C10H18N6O3. The molecule has 0 fully saturated rings. The zero-order valence-electron chi connectivity index (χ0n) is 10.9. The number of aromatic nitrogens is 3. The molecule has 0 spiro atoms. The average molecular weight is 270 g/mol. The molecule has 1 aromatic rings. The molecular weight excluding hydrogens is 252 g/mol. The molecule has 19 heavy (non-hydrogen) atoms. The molecule has 0 saturated heterocycles. The predicted molar refractivity (Wildman–Crippen MR) is 68.9 cm³/mol. The van der Waals surface area contributed by atoms with E-state index < -0.39 is 12.0 Å². The van der Waals surface area contributed by atoms with Gasteiger partial charge in [0.15, 0.2) is 0 Å². The van der Waals surface area contributed by atoms with Crippen molar-refractivity contribution in [2.75, 3.05) is 30.8 Å². The fraction of sp³-hybridized carbons (Fsp3) is 0.600. The van der Waals surface area contributed by atoms with E-state index in [1.54, 1.807) is 7.05 Å². The van der Waals surface area contributed by atoms with Gasteiger partial charge in [0.1, 0.15) is 6.10 Å². The van der Waals surface area contributed by atoms with Crippen LogP contribution in [0.5, 0.6) is 6.01 Å². The van der Waals surface area contributed by atoms with Gasteiger partial charge in [0, 0.05) is 7.05 Å². The average Bonchev–Trinajstić information content (AvgIpc) is 2.42. The highest BCUT2D eigenvalue weighted by Crippen LogP contribution is 2.10. The third kappa shape index (κ3) is 4.92. The van der Waals surface area contributed by atoms with Crippen molar-refractivity contribution in [2.45, 2.75) is 19.4 Å². The Hall–Kier alpha value is -2.16. The Kier molecular flexibility index (Phi) is 5.73. The molecule has 0 bridgehead atoms. The van der Waals surface area contributed by atoms with Crippen LogP contribution in [0.3, 0.4) is 0 Å². The van der Waals surface area contributed by atoms with Crippen LogP contribution < -0.4 is 21.1 Å². The van der Waals surface area contributed by atoms with Crippen LogP contribution in [-0.2, 0) is 4.79 Å². The summed E-state index contributed by atoms with van der Waals surface area (Å²) in [6.07, 6.45) is -0.487. The number of anilines is 2. The van der Waals surface area contributed by atoms with Crippen molar-refractivity contribution < 1.29 is 14.6 Å². The molecule has 0 aliphatic carbocycles. The molecule has 9 heteroatoms. The molecule has 0 aliphatic rings. The number of nitrogens with two attached hydrogens (primary N) is 1. The molecule has 0 aromatic carbocycles. The number of nitrogens with one attached hydrogen (secondary N) is 2. The lowest BCUT2D eigenvalue weighted by Crippen LogP contribution is -2.34. The van der Waals surface area contributed by atoms with Gasteiger partial charge in [-0.05, 0) is 6.42 Å². The number of hydrogen-bond acceptors (Lipinski definition) is 8. The first-order chi connectivity index (χ1) is 9.06. The van der Waals surface area contributed by atoms with E-state index in [0.29, 0.717) is 12.6 Å². The van der Waals surface area contributed by atoms with Gasteiger partial charge in [0.25, 0.3) is 0 Å². The van der Waals surface area contributed by atoms with Crippen molar-refractivity contribution in [1.82, 2.24) is 15.0 Å². The minimum absolute atomic E-state index is 0.0876. The largest absolute Gasteiger partial charge is 0.463 e. The standard InChI is InChI=1S/C10H18N6O3/c1-3-4-19-10-15-8(12-2)14-9(16-10)13-5-6(17)7(11)18/h6,17H,3-5H2,1-2H3,(H2,11,18)(H2,12,13,14,15,16). The molecule has 1 rings (SSSR count). The highest BCUT2D eigenvalue weighted by atomic mass is 16.5. The van der Waals surface area contributed by atoms with E-state index in [1.807, 2.05) is 6.92 Å². The molecule has 0 radical (unpaired) electrons. The Labute approximate surface area is 110 Å². The highest BCUT2D eigenvalue weighted by molar-refractivity contribution is 5.79. The van der Waals surface area contributed by atoms with Gasteiger partial charge in [0.2, 0.25) is 17.8 Å². The quantitative estimate of drug-likeness (QED) is 0.470. The Morgan fingerprint density at radius 2 is 2.11 bits per heavy atom. The normalized spacial score (nSPS) is 11.7. The summed E-state index contributed by atoms with van der Waals surface area (Å²) in [4.78, 5) is 22.7. The zero-order chi connectivity index (χ0) is 14.3. The fourth-order valence-corrected chi connectivity index (χ4v) is 1.09. The van der Waals surface area contributed by atoms with Crippen molar-refractivity contribution in [3.63, 3.8) is 0 Å². The first-order valence-corrected chi connectivity index (χ1v) is 5.84. The number of hydrogen-bond donors (Lipinski definition) is 4. The van der Waals surface area contributed by atoms with Crippen molar-refractivity contribution in [3.8, 4) is 6.01 Å². The number of rotatable bonds is 8. The van der Waals surface area contributed by atoms with Crippen LogP contribution in [0.2, 0.25) is 0 Å². The minimum Gasteiger partial charge on any atom is -0.463 e. The Morgan fingerprint density at radius 1 is 1.42 bits per heavy atom. The molecule has 1 aromatic heterocycles. The van der Waals surface area contributed by atoms with Crippen molar-refractivity contribution >= 4 is 17.8 Å². The van der Waals surface area contributed by atoms with Crippen molar-refractivity contribution in [2.24, 2.45) is 5.73 Å².